The molecule has 0 spiro atoms. The normalized spacial score (nSPS) is 11.8. The summed E-state index contributed by atoms with van der Waals surface area (Å²) in [5, 5.41) is 1.90. The number of nitrogens with one attached hydrogen (secondary N) is 1. The highest BCUT2D eigenvalue weighted by atomic mass is 32.1. The van der Waals surface area contributed by atoms with Crippen LogP contribution < -0.4 is 4.87 Å². The van der Waals surface area contributed by atoms with Crippen LogP contribution in [-0.2, 0) is 5.41 Å². The van der Waals surface area contributed by atoms with Crippen LogP contribution in [0.3, 0.4) is 0 Å². The highest BCUT2D eigenvalue weighted by Crippen LogP contribution is 2.31. The Morgan fingerprint density at radius 2 is 1.67 bits per heavy atom. The Bertz CT molecular complexity index is 605. The van der Waals surface area contributed by atoms with Gasteiger partial charge in [0.2, 0.25) is 0 Å². The molecule has 2 aromatic rings. The molecule has 2 rings (SSSR count). The lowest BCUT2D eigenvalue weighted by Gasteiger charge is -2.22. The largest absolute Gasteiger partial charge is 0.312 e. The standard InChI is InChI=1S/C15H19NOS/c1-9-6-11(15(3,4)5)7-10(2)13(9)12-8-18-14(17)16-12/h6-8H,1-5H3,(H,16,17). The van der Waals surface area contributed by atoms with Gasteiger partial charge in [0.25, 0.3) is 0 Å². The van der Waals surface area contributed by atoms with Gasteiger partial charge in [0.1, 0.15) is 0 Å². The fourth-order valence-corrected chi connectivity index (χ4v) is 2.79. The lowest BCUT2D eigenvalue weighted by Crippen LogP contribution is -2.12. The fourth-order valence-electron chi connectivity index (χ4n) is 2.22. The second-order valence-corrected chi connectivity index (χ2v) is 6.64. The van der Waals surface area contributed by atoms with Gasteiger partial charge in [0.15, 0.2) is 0 Å². The molecular weight excluding hydrogens is 242 g/mol. The summed E-state index contributed by atoms with van der Waals surface area (Å²) in [5.41, 5.74) is 6.00. The van der Waals surface area contributed by atoms with Gasteiger partial charge < -0.3 is 4.98 Å². The van der Waals surface area contributed by atoms with Gasteiger partial charge in [-0.05, 0) is 36.0 Å². The molecule has 0 aliphatic rings. The van der Waals surface area contributed by atoms with E-state index in [9.17, 15) is 4.79 Å². The maximum Gasteiger partial charge on any atom is 0.304 e. The molecule has 1 aromatic heterocycles. The smallest absolute Gasteiger partial charge is 0.304 e. The van der Waals surface area contributed by atoms with Crippen molar-refractivity contribution in [2.75, 3.05) is 0 Å². The first-order valence-electron chi connectivity index (χ1n) is 6.09. The molecule has 0 radical (unpaired) electrons. The summed E-state index contributed by atoms with van der Waals surface area (Å²) in [6, 6.07) is 4.44. The monoisotopic (exact) mass is 261 g/mol. The van der Waals surface area contributed by atoms with E-state index in [-0.39, 0.29) is 10.3 Å². The maximum absolute atomic E-state index is 11.3. The van der Waals surface area contributed by atoms with Crippen molar-refractivity contribution in [1.29, 1.82) is 0 Å². The zero-order chi connectivity index (χ0) is 13.5. The Morgan fingerprint density at radius 1 is 1.11 bits per heavy atom. The zero-order valence-electron chi connectivity index (χ0n) is 11.5. The van der Waals surface area contributed by atoms with E-state index >= 15 is 0 Å². The van der Waals surface area contributed by atoms with Crippen molar-refractivity contribution < 1.29 is 0 Å². The molecule has 0 atom stereocenters. The molecule has 0 bridgehead atoms. The fraction of sp³-hybridized carbons (Fsp3) is 0.400. The molecule has 0 fully saturated rings. The molecule has 0 amide bonds. The van der Waals surface area contributed by atoms with Gasteiger partial charge in [-0.1, -0.05) is 44.2 Å². The lowest BCUT2D eigenvalue weighted by molar-refractivity contribution is 0.589. The molecule has 96 valence electrons. The van der Waals surface area contributed by atoms with Crippen molar-refractivity contribution in [3.05, 3.63) is 43.9 Å². The summed E-state index contributed by atoms with van der Waals surface area (Å²) in [7, 11) is 0. The molecule has 0 saturated carbocycles. The molecule has 0 unspecified atom stereocenters. The van der Waals surface area contributed by atoms with Crippen molar-refractivity contribution in [1.82, 2.24) is 4.98 Å². The number of aromatic nitrogens is 1. The molecule has 1 aromatic carbocycles. The van der Waals surface area contributed by atoms with Crippen molar-refractivity contribution in [3.63, 3.8) is 0 Å². The van der Waals surface area contributed by atoms with Gasteiger partial charge in [0.05, 0.1) is 5.69 Å². The number of thiazole rings is 1. The van der Waals surface area contributed by atoms with Crippen molar-refractivity contribution >= 4 is 11.3 Å². The average Bonchev–Trinajstić information content (AvgIpc) is 2.62. The van der Waals surface area contributed by atoms with Crippen LogP contribution >= 0.6 is 11.3 Å². The van der Waals surface area contributed by atoms with Crippen LogP contribution in [0.15, 0.2) is 22.3 Å². The van der Waals surface area contributed by atoms with Crippen LogP contribution in [0.2, 0.25) is 0 Å². The van der Waals surface area contributed by atoms with E-state index in [2.05, 4.69) is 51.7 Å². The number of aromatic amines is 1. The number of hydrogen-bond donors (Lipinski definition) is 1. The summed E-state index contributed by atoms with van der Waals surface area (Å²) in [6.45, 7) is 10.9. The molecule has 0 saturated heterocycles. The van der Waals surface area contributed by atoms with Crippen molar-refractivity contribution in [2.45, 2.75) is 40.0 Å². The summed E-state index contributed by atoms with van der Waals surface area (Å²) >= 11 is 1.22. The lowest BCUT2D eigenvalue weighted by atomic mass is 9.83. The molecule has 0 aliphatic heterocycles. The summed E-state index contributed by atoms with van der Waals surface area (Å²) in [6.07, 6.45) is 0. The minimum Gasteiger partial charge on any atom is -0.312 e. The van der Waals surface area contributed by atoms with Gasteiger partial charge in [-0.3, -0.25) is 4.79 Å². The maximum atomic E-state index is 11.3. The predicted molar refractivity (Wildman–Crippen MR) is 78.5 cm³/mol. The Hall–Kier alpha value is -1.35. The highest BCUT2D eigenvalue weighted by Gasteiger charge is 2.17. The second-order valence-electron chi connectivity index (χ2n) is 5.80. The zero-order valence-corrected chi connectivity index (χ0v) is 12.4. The van der Waals surface area contributed by atoms with E-state index in [0.717, 1.165) is 11.3 Å². The molecule has 0 aliphatic carbocycles. The number of H-pyrrole nitrogens is 1. The average molecular weight is 261 g/mol. The van der Waals surface area contributed by atoms with Crippen LogP contribution in [0.1, 0.15) is 37.5 Å². The first-order valence-corrected chi connectivity index (χ1v) is 6.97. The number of aryl methyl sites for hydroxylation is 2. The molecular formula is C15H19NOS. The van der Waals surface area contributed by atoms with Crippen molar-refractivity contribution in [2.24, 2.45) is 0 Å². The van der Waals surface area contributed by atoms with E-state index in [1.54, 1.807) is 0 Å². The first-order chi connectivity index (χ1) is 8.29. The molecule has 2 nitrogen and oxygen atoms in total. The second kappa shape index (κ2) is 4.39. The third kappa shape index (κ3) is 2.41. The van der Waals surface area contributed by atoms with E-state index in [1.165, 1.54) is 28.0 Å². The SMILES string of the molecule is Cc1cc(C(C)(C)C)cc(C)c1-c1csc(=O)[nH]1. The summed E-state index contributed by atoms with van der Waals surface area (Å²) < 4.78 is 0. The van der Waals surface area contributed by atoms with Crippen LogP contribution in [0.4, 0.5) is 0 Å². The number of hydrogen-bond acceptors (Lipinski definition) is 2. The first kappa shape index (κ1) is 13.1. The number of benzene rings is 1. The van der Waals surface area contributed by atoms with Crippen LogP contribution in [-0.4, -0.2) is 4.98 Å². The van der Waals surface area contributed by atoms with Gasteiger partial charge >= 0.3 is 4.87 Å². The van der Waals surface area contributed by atoms with Gasteiger partial charge in [-0.25, -0.2) is 0 Å². The van der Waals surface area contributed by atoms with Crippen LogP contribution in [0.5, 0.6) is 0 Å². The van der Waals surface area contributed by atoms with Crippen LogP contribution in [0, 0.1) is 13.8 Å². The minimum atomic E-state index is 0.00342. The quantitative estimate of drug-likeness (QED) is 0.826. The third-order valence-electron chi connectivity index (χ3n) is 3.19. The molecule has 1 heterocycles. The van der Waals surface area contributed by atoms with Gasteiger partial charge in [-0.15, -0.1) is 0 Å². The van der Waals surface area contributed by atoms with Crippen molar-refractivity contribution in [3.8, 4) is 11.3 Å². The third-order valence-corrected chi connectivity index (χ3v) is 3.86. The summed E-state index contributed by atoms with van der Waals surface area (Å²) in [4.78, 5) is 14.2. The topological polar surface area (TPSA) is 32.9 Å². The van der Waals surface area contributed by atoms with Gasteiger partial charge in [0, 0.05) is 10.9 Å². The van der Waals surface area contributed by atoms with E-state index in [4.69, 9.17) is 0 Å². The summed E-state index contributed by atoms with van der Waals surface area (Å²) in [5.74, 6) is 0. The predicted octanol–water partition coefficient (Wildman–Crippen LogP) is 4.02. The molecule has 18 heavy (non-hydrogen) atoms. The number of rotatable bonds is 1. The van der Waals surface area contributed by atoms with Crippen LogP contribution in [0.25, 0.3) is 11.3 Å². The Morgan fingerprint density at radius 3 is 2.06 bits per heavy atom. The highest BCUT2D eigenvalue weighted by molar-refractivity contribution is 7.07. The Balaban J connectivity index is 2.61. The van der Waals surface area contributed by atoms with E-state index < -0.39 is 0 Å². The Labute approximate surface area is 112 Å². The van der Waals surface area contributed by atoms with Gasteiger partial charge in [-0.2, -0.15) is 0 Å². The molecule has 1 N–H and O–H groups in total. The Kier molecular flexibility index (Phi) is 3.20. The van der Waals surface area contributed by atoms with E-state index in [1.807, 2.05) is 5.38 Å². The van der Waals surface area contributed by atoms with E-state index in [0.29, 0.717) is 0 Å². The molecule has 3 heteroatoms. The minimum absolute atomic E-state index is 0.00342.